The summed E-state index contributed by atoms with van der Waals surface area (Å²) >= 11 is 0. The summed E-state index contributed by atoms with van der Waals surface area (Å²) in [5, 5.41) is 20.3. The number of hydrogen-bond donors (Lipinski definition) is 2. The number of benzene rings is 1. The monoisotopic (exact) mass is 275 g/mol. The molecule has 6 heteroatoms. The van der Waals surface area contributed by atoms with Gasteiger partial charge >= 0.3 is 12.0 Å². The Kier molecular flexibility index (Phi) is 5.54. The molecular formula is C14H17N3O3. The number of amides is 2. The van der Waals surface area contributed by atoms with Crippen molar-refractivity contribution >= 4 is 17.7 Å². The summed E-state index contributed by atoms with van der Waals surface area (Å²) in [6.07, 6.45) is 1.03. The molecule has 2 amide bonds. The molecule has 0 radical (unpaired) electrons. The Morgan fingerprint density at radius 1 is 1.50 bits per heavy atom. The molecular weight excluding hydrogens is 258 g/mol. The number of carbonyl (C=O) groups is 2. The highest BCUT2D eigenvalue weighted by Gasteiger charge is 2.21. The highest BCUT2D eigenvalue weighted by molar-refractivity contribution is 5.94. The van der Waals surface area contributed by atoms with E-state index in [0.717, 1.165) is 0 Å². The van der Waals surface area contributed by atoms with E-state index in [4.69, 9.17) is 10.4 Å². The van der Waals surface area contributed by atoms with Crippen LogP contribution in [-0.2, 0) is 4.79 Å². The van der Waals surface area contributed by atoms with Crippen molar-refractivity contribution in [2.24, 2.45) is 0 Å². The van der Waals surface area contributed by atoms with Crippen molar-refractivity contribution in [3.05, 3.63) is 29.8 Å². The van der Waals surface area contributed by atoms with E-state index in [0.29, 0.717) is 24.1 Å². The molecule has 1 atom stereocenters. The Bertz CT molecular complexity index is 537. The first-order valence-corrected chi connectivity index (χ1v) is 6.26. The second kappa shape index (κ2) is 7.14. The average molecular weight is 275 g/mol. The summed E-state index contributed by atoms with van der Waals surface area (Å²) in [4.78, 5) is 24.3. The number of urea groups is 1. The van der Waals surface area contributed by atoms with Crippen molar-refractivity contribution in [3.63, 3.8) is 0 Å². The van der Waals surface area contributed by atoms with Gasteiger partial charge < -0.3 is 10.4 Å². The molecule has 106 valence electrons. The Hall–Kier alpha value is -2.55. The zero-order chi connectivity index (χ0) is 15.1. The Morgan fingerprint density at radius 2 is 2.20 bits per heavy atom. The fourth-order valence-corrected chi connectivity index (χ4v) is 1.69. The molecule has 1 aromatic rings. The van der Waals surface area contributed by atoms with Gasteiger partial charge in [0.2, 0.25) is 0 Å². The fourth-order valence-electron chi connectivity index (χ4n) is 1.69. The van der Waals surface area contributed by atoms with Crippen LogP contribution in [0.4, 0.5) is 10.5 Å². The molecule has 0 aliphatic carbocycles. The smallest absolute Gasteiger partial charge is 0.326 e. The lowest BCUT2D eigenvalue weighted by atomic mass is 10.2. The topological polar surface area (TPSA) is 93.4 Å². The number of rotatable bonds is 5. The standard InChI is InChI=1S/C14H17N3O3/c1-3-5-12(13(18)19)16-14(20)17(2)11-7-4-6-10(8-11)9-15/h4,6-8,12H,3,5H2,1-2H3,(H,16,20)(H,18,19). The number of anilines is 1. The van der Waals surface area contributed by atoms with E-state index < -0.39 is 18.0 Å². The Morgan fingerprint density at radius 3 is 2.75 bits per heavy atom. The van der Waals surface area contributed by atoms with Crippen LogP contribution < -0.4 is 10.2 Å². The van der Waals surface area contributed by atoms with Crippen LogP contribution in [0.15, 0.2) is 24.3 Å². The van der Waals surface area contributed by atoms with E-state index in [2.05, 4.69) is 5.32 Å². The molecule has 0 aromatic heterocycles. The summed E-state index contributed by atoms with van der Waals surface area (Å²) in [5.41, 5.74) is 0.965. The van der Waals surface area contributed by atoms with Crippen molar-refractivity contribution in [3.8, 4) is 6.07 Å². The molecule has 0 aliphatic heterocycles. The predicted octanol–water partition coefficient (Wildman–Crippen LogP) is 1.96. The minimum Gasteiger partial charge on any atom is -0.480 e. The van der Waals surface area contributed by atoms with E-state index in [-0.39, 0.29) is 0 Å². The minimum atomic E-state index is -1.06. The second-order valence-corrected chi connectivity index (χ2v) is 4.35. The van der Waals surface area contributed by atoms with Crippen molar-refractivity contribution < 1.29 is 14.7 Å². The SMILES string of the molecule is CCCC(NC(=O)N(C)c1cccc(C#N)c1)C(=O)O. The number of aliphatic carboxylic acids is 1. The van der Waals surface area contributed by atoms with E-state index in [1.165, 1.54) is 11.9 Å². The molecule has 0 fully saturated rings. The van der Waals surface area contributed by atoms with E-state index in [1.807, 2.05) is 13.0 Å². The van der Waals surface area contributed by atoms with Gasteiger partial charge in [0.05, 0.1) is 11.6 Å². The maximum atomic E-state index is 12.0. The number of hydrogen-bond acceptors (Lipinski definition) is 3. The van der Waals surface area contributed by atoms with Crippen molar-refractivity contribution in [2.45, 2.75) is 25.8 Å². The third-order valence-electron chi connectivity index (χ3n) is 2.84. The summed E-state index contributed by atoms with van der Waals surface area (Å²) in [7, 11) is 1.52. The van der Waals surface area contributed by atoms with Crippen molar-refractivity contribution in [1.82, 2.24) is 5.32 Å². The minimum absolute atomic E-state index is 0.368. The summed E-state index contributed by atoms with van der Waals surface area (Å²) in [6.45, 7) is 1.85. The number of nitrogens with one attached hydrogen (secondary N) is 1. The van der Waals surface area contributed by atoms with Gasteiger partial charge in [-0.25, -0.2) is 9.59 Å². The number of carboxylic acid groups (broad SMARTS) is 1. The van der Waals surface area contributed by atoms with Gasteiger partial charge in [-0.3, -0.25) is 4.90 Å². The maximum Gasteiger partial charge on any atom is 0.326 e. The van der Waals surface area contributed by atoms with Crippen molar-refractivity contribution in [1.29, 1.82) is 5.26 Å². The largest absolute Gasteiger partial charge is 0.480 e. The van der Waals surface area contributed by atoms with Gasteiger partial charge in [0.25, 0.3) is 0 Å². The zero-order valence-electron chi connectivity index (χ0n) is 11.5. The molecule has 0 saturated carbocycles. The molecule has 0 aliphatic rings. The molecule has 6 nitrogen and oxygen atoms in total. The van der Waals surface area contributed by atoms with Crippen LogP contribution in [0.5, 0.6) is 0 Å². The predicted molar refractivity (Wildman–Crippen MR) is 74.4 cm³/mol. The third kappa shape index (κ3) is 3.99. The highest BCUT2D eigenvalue weighted by Crippen LogP contribution is 2.14. The lowest BCUT2D eigenvalue weighted by Crippen LogP contribution is -2.46. The van der Waals surface area contributed by atoms with Gasteiger partial charge in [-0.15, -0.1) is 0 Å². The van der Waals surface area contributed by atoms with Crippen LogP contribution >= 0.6 is 0 Å². The number of nitriles is 1. The van der Waals surface area contributed by atoms with E-state index in [9.17, 15) is 9.59 Å². The number of carboxylic acids is 1. The first-order chi connectivity index (χ1) is 9.49. The van der Waals surface area contributed by atoms with Crippen LogP contribution in [-0.4, -0.2) is 30.2 Å². The first-order valence-electron chi connectivity index (χ1n) is 6.26. The molecule has 0 spiro atoms. The van der Waals surface area contributed by atoms with Crippen LogP contribution in [0.25, 0.3) is 0 Å². The highest BCUT2D eigenvalue weighted by atomic mass is 16.4. The molecule has 20 heavy (non-hydrogen) atoms. The maximum absolute atomic E-state index is 12.0. The quantitative estimate of drug-likeness (QED) is 0.858. The first kappa shape index (κ1) is 15.5. The van der Waals surface area contributed by atoms with Gasteiger partial charge in [0.15, 0.2) is 0 Å². The molecule has 1 aromatic carbocycles. The summed E-state index contributed by atoms with van der Waals surface area (Å²) in [6, 6.07) is 7.10. The van der Waals surface area contributed by atoms with Gasteiger partial charge in [-0.05, 0) is 24.6 Å². The molecule has 0 saturated heterocycles. The lowest BCUT2D eigenvalue weighted by molar-refractivity contribution is -0.139. The average Bonchev–Trinajstić information content (AvgIpc) is 2.45. The molecule has 1 unspecified atom stereocenters. The molecule has 1 rings (SSSR count). The summed E-state index contributed by atoms with van der Waals surface area (Å²) < 4.78 is 0. The normalized spacial score (nSPS) is 11.2. The van der Waals surface area contributed by atoms with Crippen LogP contribution in [0.3, 0.4) is 0 Å². The Labute approximate surface area is 117 Å². The zero-order valence-corrected chi connectivity index (χ0v) is 11.5. The second-order valence-electron chi connectivity index (χ2n) is 4.35. The summed E-state index contributed by atoms with van der Waals surface area (Å²) in [5.74, 6) is -1.06. The van der Waals surface area contributed by atoms with Crippen LogP contribution in [0.2, 0.25) is 0 Å². The lowest BCUT2D eigenvalue weighted by Gasteiger charge is -2.21. The number of carbonyl (C=O) groups excluding carboxylic acids is 1. The van der Waals surface area contributed by atoms with Gasteiger partial charge in [-0.2, -0.15) is 5.26 Å². The molecule has 0 bridgehead atoms. The number of nitrogens with zero attached hydrogens (tertiary/aromatic N) is 2. The fraction of sp³-hybridized carbons (Fsp3) is 0.357. The van der Waals surface area contributed by atoms with Crippen molar-refractivity contribution in [2.75, 3.05) is 11.9 Å². The molecule has 0 heterocycles. The Balaban J connectivity index is 2.80. The van der Waals surface area contributed by atoms with Gasteiger partial charge in [0, 0.05) is 12.7 Å². The van der Waals surface area contributed by atoms with E-state index in [1.54, 1.807) is 24.3 Å². The van der Waals surface area contributed by atoms with Gasteiger partial charge in [0.1, 0.15) is 6.04 Å². The molecule has 2 N–H and O–H groups in total. The van der Waals surface area contributed by atoms with Crippen LogP contribution in [0.1, 0.15) is 25.3 Å². The van der Waals surface area contributed by atoms with Gasteiger partial charge in [-0.1, -0.05) is 19.4 Å². The van der Waals surface area contributed by atoms with Crippen LogP contribution in [0, 0.1) is 11.3 Å². The third-order valence-corrected chi connectivity index (χ3v) is 2.84. The van der Waals surface area contributed by atoms with E-state index >= 15 is 0 Å².